The van der Waals surface area contributed by atoms with Gasteiger partial charge >= 0.3 is 6.03 Å². The van der Waals surface area contributed by atoms with Crippen molar-refractivity contribution in [2.45, 2.75) is 0 Å². The summed E-state index contributed by atoms with van der Waals surface area (Å²) in [4.78, 5) is 35.7. The average molecular weight is 498 g/mol. The Kier molecular flexibility index (Phi) is 5.90. The average Bonchev–Trinajstić information content (AvgIpc) is 2.84. The summed E-state index contributed by atoms with van der Waals surface area (Å²) in [6, 6.07) is 25.3. The van der Waals surface area contributed by atoms with Gasteiger partial charge in [-0.25, -0.2) is 4.79 Å². The van der Waals surface area contributed by atoms with E-state index in [9.17, 15) is 14.4 Å². The third-order valence-electron chi connectivity index (χ3n) is 5.50. The van der Waals surface area contributed by atoms with Crippen LogP contribution >= 0.6 is 22.7 Å². The van der Waals surface area contributed by atoms with Crippen LogP contribution in [-0.4, -0.2) is 6.03 Å². The standard InChI is InChI=1S/C14H10N2O2S.C13H9NOS/c15-14(18)16-9-5-3-7-11-12(9)13(17)8-4-1-2-6-10(8)19-11;14-9-5-3-7-11-12(9)13(15)8-4-1-2-6-10(8)16-11/h1-7H,(H3,15,16,18);1-7H,14H2. The van der Waals surface area contributed by atoms with Gasteiger partial charge in [-0.05, 0) is 48.5 Å². The van der Waals surface area contributed by atoms with Gasteiger partial charge in [-0.15, -0.1) is 22.7 Å². The lowest BCUT2D eigenvalue weighted by Crippen LogP contribution is -2.20. The van der Waals surface area contributed by atoms with Gasteiger partial charge in [0.1, 0.15) is 0 Å². The van der Waals surface area contributed by atoms with Crippen molar-refractivity contribution >= 4 is 80.4 Å². The molecule has 2 aromatic heterocycles. The number of benzene rings is 4. The molecule has 2 amide bonds. The lowest BCUT2D eigenvalue weighted by Gasteiger charge is -2.06. The molecule has 0 aliphatic rings. The smallest absolute Gasteiger partial charge is 0.316 e. The third-order valence-corrected chi connectivity index (χ3v) is 7.77. The maximum Gasteiger partial charge on any atom is 0.316 e. The number of urea groups is 1. The van der Waals surface area contributed by atoms with Gasteiger partial charge in [0.2, 0.25) is 0 Å². The molecule has 35 heavy (non-hydrogen) atoms. The van der Waals surface area contributed by atoms with Crippen molar-refractivity contribution in [3.63, 3.8) is 0 Å². The van der Waals surface area contributed by atoms with E-state index < -0.39 is 6.03 Å². The van der Waals surface area contributed by atoms with Crippen molar-refractivity contribution in [1.29, 1.82) is 0 Å². The van der Waals surface area contributed by atoms with Gasteiger partial charge < -0.3 is 16.8 Å². The Bertz CT molecular complexity index is 1880. The number of fused-ring (bicyclic) bond motifs is 4. The fourth-order valence-electron chi connectivity index (χ4n) is 3.96. The Morgan fingerprint density at radius 3 is 1.71 bits per heavy atom. The van der Waals surface area contributed by atoms with Gasteiger partial charge in [0.15, 0.2) is 10.9 Å². The molecule has 4 aromatic carbocycles. The molecule has 6 aromatic rings. The number of amides is 2. The second kappa shape index (κ2) is 9.17. The van der Waals surface area contributed by atoms with Crippen molar-refractivity contribution in [2.75, 3.05) is 11.1 Å². The minimum atomic E-state index is -0.676. The summed E-state index contributed by atoms with van der Waals surface area (Å²) < 4.78 is 3.71. The summed E-state index contributed by atoms with van der Waals surface area (Å²) in [7, 11) is 0. The normalized spacial score (nSPS) is 10.9. The Morgan fingerprint density at radius 1 is 0.629 bits per heavy atom. The molecule has 0 radical (unpaired) electrons. The van der Waals surface area contributed by atoms with Gasteiger partial charge in [0.25, 0.3) is 0 Å². The molecule has 0 bridgehead atoms. The summed E-state index contributed by atoms with van der Waals surface area (Å²) in [6.45, 7) is 0. The Labute approximate surface area is 207 Å². The molecule has 5 N–H and O–H groups in total. The number of rotatable bonds is 1. The maximum absolute atomic E-state index is 12.5. The Balaban J connectivity index is 0.000000147. The van der Waals surface area contributed by atoms with Gasteiger partial charge in [0.05, 0.1) is 16.5 Å². The predicted molar refractivity (Wildman–Crippen MR) is 149 cm³/mol. The predicted octanol–water partition coefficient (Wildman–Crippen LogP) is 5.90. The number of anilines is 2. The van der Waals surface area contributed by atoms with E-state index in [0.717, 1.165) is 24.2 Å². The molecule has 0 atom stereocenters. The highest BCUT2D eigenvalue weighted by molar-refractivity contribution is 7.25. The topological polar surface area (TPSA) is 115 Å². The molecule has 0 unspecified atom stereocenters. The highest BCUT2D eigenvalue weighted by Gasteiger charge is 2.10. The van der Waals surface area contributed by atoms with E-state index in [4.69, 9.17) is 11.5 Å². The number of hydrogen-bond acceptors (Lipinski definition) is 6. The molecule has 0 fully saturated rings. The van der Waals surface area contributed by atoms with Gasteiger partial charge in [0, 0.05) is 35.3 Å². The van der Waals surface area contributed by atoms with Crippen LogP contribution < -0.4 is 27.6 Å². The maximum atomic E-state index is 12.5. The second-order valence-electron chi connectivity index (χ2n) is 7.74. The van der Waals surface area contributed by atoms with Gasteiger partial charge in [-0.2, -0.15) is 0 Å². The van der Waals surface area contributed by atoms with Crippen molar-refractivity contribution in [2.24, 2.45) is 5.73 Å². The van der Waals surface area contributed by atoms with Crippen LogP contribution in [0, 0.1) is 0 Å². The molecule has 0 aliphatic heterocycles. The van der Waals surface area contributed by atoms with Crippen LogP contribution in [0.2, 0.25) is 0 Å². The first-order valence-electron chi connectivity index (χ1n) is 10.6. The van der Waals surface area contributed by atoms with Crippen LogP contribution in [0.15, 0.2) is 94.5 Å². The van der Waals surface area contributed by atoms with Crippen molar-refractivity contribution in [1.82, 2.24) is 0 Å². The summed E-state index contributed by atoms with van der Waals surface area (Å²) in [5, 5.41) is 5.05. The first-order valence-corrected chi connectivity index (χ1v) is 12.3. The highest BCUT2D eigenvalue weighted by Crippen LogP contribution is 2.29. The molecule has 6 nitrogen and oxygen atoms in total. The van der Waals surface area contributed by atoms with E-state index in [1.807, 2.05) is 60.7 Å². The van der Waals surface area contributed by atoms with Crippen LogP contribution in [0.3, 0.4) is 0 Å². The minimum Gasteiger partial charge on any atom is -0.398 e. The number of hydrogen-bond donors (Lipinski definition) is 3. The Morgan fingerprint density at radius 2 is 1.11 bits per heavy atom. The summed E-state index contributed by atoms with van der Waals surface area (Å²) in [5.74, 6) is 0. The SMILES string of the molecule is NC(=O)Nc1cccc2sc3ccccc3c(=O)c12.Nc1cccc2sc3ccccc3c(=O)c12. The van der Waals surface area contributed by atoms with Crippen molar-refractivity contribution in [3.05, 3.63) is 105 Å². The summed E-state index contributed by atoms with van der Waals surface area (Å²) in [5.41, 5.74) is 11.9. The second-order valence-corrected chi connectivity index (χ2v) is 9.91. The summed E-state index contributed by atoms with van der Waals surface area (Å²) in [6.07, 6.45) is 0. The monoisotopic (exact) mass is 497 g/mol. The Hall–Kier alpha value is -4.27. The van der Waals surface area contributed by atoms with E-state index in [-0.39, 0.29) is 10.9 Å². The zero-order chi connectivity index (χ0) is 24.5. The molecule has 172 valence electrons. The molecule has 0 spiro atoms. The summed E-state index contributed by atoms with van der Waals surface area (Å²) >= 11 is 3.11. The molecule has 8 heteroatoms. The molecule has 6 rings (SSSR count). The first kappa shape index (κ1) is 22.5. The molecule has 2 heterocycles. The fraction of sp³-hybridized carbons (Fsp3) is 0. The van der Waals surface area contributed by atoms with E-state index >= 15 is 0 Å². The third kappa shape index (κ3) is 4.21. The van der Waals surface area contributed by atoms with Gasteiger partial charge in [-0.3, -0.25) is 9.59 Å². The number of carbonyl (C=O) groups is 1. The lowest BCUT2D eigenvalue weighted by molar-refractivity contribution is 0.259. The molecular weight excluding hydrogens is 478 g/mol. The fourth-order valence-corrected chi connectivity index (χ4v) is 6.18. The zero-order valence-electron chi connectivity index (χ0n) is 18.3. The number of nitrogens with one attached hydrogen (secondary N) is 1. The van der Waals surface area contributed by atoms with Crippen LogP contribution in [0.1, 0.15) is 0 Å². The quantitative estimate of drug-likeness (QED) is 0.194. The van der Waals surface area contributed by atoms with E-state index in [0.29, 0.717) is 27.5 Å². The van der Waals surface area contributed by atoms with Crippen molar-refractivity contribution in [3.8, 4) is 0 Å². The van der Waals surface area contributed by atoms with E-state index in [1.165, 1.54) is 11.3 Å². The number of nitrogen functional groups attached to an aromatic ring is 1. The van der Waals surface area contributed by atoms with E-state index in [1.54, 1.807) is 35.6 Å². The number of primary amides is 1. The van der Waals surface area contributed by atoms with Gasteiger partial charge in [-0.1, -0.05) is 36.4 Å². The molecule has 0 saturated carbocycles. The molecular formula is C27H19N3O3S2. The zero-order valence-corrected chi connectivity index (χ0v) is 19.9. The number of carbonyl (C=O) groups excluding carboxylic acids is 1. The molecule has 0 saturated heterocycles. The lowest BCUT2D eigenvalue weighted by atomic mass is 10.1. The largest absolute Gasteiger partial charge is 0.398 e. The minimum absolute atomic E-state index is 0.0300. The van der Waals surface area contributed by atoms with Crippen LogP contribution in [0.25, 0.3) is 40.3 Å². The first-order chi connectivity index (χ1) is 16.9. The van der Waals surface area contributed by atoms with E-state index in [2.05, 4.69) is 5.32 Å². The van der Waals surface area contributed by atoms with Crippen molar-refractivity contribution < 1.29 is 4.79 Å². The van der Waals surface area contributed by atoms with Crippen LogP contribution in [0.5, 0.6) is 0 Å². The van der Waals surface area contributed by atoms with Crippen LogP contribution in [-0.2, 0) is 0 Å². The number of nitrogens with two attached hydrogens (primary N) is 2. The van der Waals surface area contributed by atoms with Crippen LogP contribution in [0.4, 0.5) is 16.2 Å². The highest BCUT2D eigenvalue weighted by atomic mass is 32.1. The molecule has 0 aliphatic carbocycles.